The fourth-order valence-corrected chi connectivity index (χ4v) is 4.78. The first-order valence-corrected chi connectivity index (χ1v) is 10.3. The van der Waals surface area contributed by atoms with Gasteiger partial charge in [0.05, 0.1) is 12.3 Å². The number of aryl methyl sites for hydroxylation is 1. The highest BCUT2D eigenvalue weighted by Crippen LogP contribution is 2.40. The van der Waals surface area contributed by atoms with Crippen LogP contribution in [0.5, 0.6) is 0 Å². The van der Waals surface area contributed by atoms with Crippen LogP contribution in [0.4, 0.5) is 5.95 Å². The number of anilines is 1. The number of ether oxygens (including phenoxy) is 1. The molecule has 150 valence electrons. The van der Waals surface area contributed by atoms with Crippen molar-refractivity contribution < 1.29 is 9.53 Å². The Hall–Kier alpha value is -2.93. The van der Waals surface area contributed by atoms with E-state index in [0.717, 1.165) is 40.6 Å². The number of hydrogen-bond acceptors (Lipinski definition) is 5. The number of benzene rings is 1. The summed E-state index contributed by atoms with van der Waals surface area (Å²) in [4.78, 5) is 27.2. The molecule has 3 aromatic rings. The molecule has 0 atom stereocenters. The van der Waals surface area contributed by atoms with Crippen LogP contribution in [0.2, 0.25) is 0 Å². The number of fused-ring (bicyclic) bond motifs is 3. The van der Waals surface area contributed by atoms with Gasteiger partial charge in [0, 0.05) is 30.2 Å². The molecule has 7 heteroatoms. The summed E-state index contributed by atoms with van der Waals surface area (Å²) in [6.45, 7) is 3.99. The van der Waals surface area contributed by atoms with E-state index in [4.69, 9.17) is 10.5 Å². The highest BCUT2D eigenvalue weighted by atomic mass is 16.5. The number of piperidine rings is 1. The monoisotopic (exact) mass is 391 g/mol. The van der Waals surface area contributed by atoms with Crippen LogP contribution >= 0.6 is 0 Å². The number of hydrogen-bond donors (Lipinski definition) is 2. The van der Waals surface area contributed by atoms with Crippen LogP contribution in [0.1, 0.15) is 47.1 Å². The third-order valence-corrected chi connectivity index (χ3v) is 6.30. The Morgan fingerprint density at radius 2 is 2.10 bits per heavy atom. The minimum atomic E-state index is -0.463. The third-order valence-electron chi connectivity index (χ3n) is 6.30. The number of nitrogens with one attached hydrogen (secondary N) is 1. The fraction of sp³-hybridized carbons (Fsp3) is 0.409. The van der Waals surface area contributed by atoms with Gasteiger partial charge in [-0.05, 0) is 42.9 Å². The van der Waals surface area contributed by atoms with Gasteiger partial charge < -0.3 is 20.4 Å². The van der Waals surface area contributed by atoms with E-state index in [2.05, 4.69) is 27.9 Å². The van der Waals surface area contributed by atoms with Crippen molar-refractivity contribution in [1.29, 1.82) is 0 Å². The van der Waals surface area contributed by atoms with E-state index in [-0.39, 0.29) is 11.9 Å². The molecule has 0 bridgehead atoms. The summed E-state index contributed by atoms with van der Waals surface area (Å²) in [5.74, 6) is 0.337. The second-order valence-electron chi connectivity index (χ2n) is 7.86. The summed E-state index contributed by atoms with van der Waals surface area (Å²) in [7, 11) is 0. The van der Waals surface area contributed by atoms with Crippen LogP contribution < -0.4 is 5.73 Å². The highest BCUT2D eigenvalue weighted by molar-refractivity contribution is 6.01. The van der Waals surface area contributed by atoms with Crippen molar-refractivity contribution >= 4 is 22.8 Å². The van der Waals surface area contributed by atoms with E-state index in [1.54, 1.807) is 0 Å². The lowest BCUT2D eigenvalue weighted by atomic mass is 9.83. The van der Waals surface area contributed by atoms with Gasteiger partial charge >= 0.3 is 0 Å². The number of aromatic amines is 1. The molecule has 29 heavy (non-hydrogen) atoms. The topological polar surface area (TPSA) is 97.1 Å². The third kappa shape index (κ3) is 2.88. The molecule has 2 aliphatic rings. The number of rotatable bonds is 2. The standard InChI is InChI=1S/C22H25N5O2/c1-2-15-16-5-3-4-6-17(16)25-18(15)20(28)27-10-8-22(9-11-27)19-14(7-12-29-22)13-24-21(23)26-19/h3-6,13,25H,2,7-12H2,1H3,(H2,23,24,26). The molecular weight excluding hydrogens is 366 g/mol. The van der Waals surface area contributed by atoms with E-state index in [9.17, 15) is 4.79 Å². The number of para-hydroxylation sites is 1. The molecule has 0 saturated carbocycles. The molecule has 5 rings (SSSR count). The summed E-state index contributed by atoms with van der Waals surface area (Å²) in [6.07, 6.45) is 4.86. The number of amides is 1. The van der Waals surface area contributed by atoms with Gasteiger partial charge in [0.25, 0.3) is 5.91 Å². The van der Waals surface area contributed by atoms with Crippen molar-refractivity contribution in [1.82, 2.24) is 19.9 Å². The predicted octanol–water partition coefficient (Wildman–Crippen LogP) is 2.81. The molecule has 0 unspecified atom stereocenters. The normalized spacial score (nSPS) is 18.2. The zero-order valence-corrected chi connectivity index (χ0v) is 16.6. The minimum Gasteiger partial charge on any atom is -0.368 e. The van der Waals surface area contributed by atoms with Crippen molar-refractivity contribution in [3.05, 3.63) is 53.0 Å². The van der Waals surface area contributed by atoms with Crippen LogP contribution in [-0.2, 0) is 23.2 Å². The lowest BCUT2D eigenvalue weighted by Crippen LogP contribution is -2.49. The Morgan fingerprint density at radius 1 is 1.31 bits per heavy atom. The van der Waals surface area contributed by atoms with Crippen LogP contribution in [-0.4, -0.2) is 45.5 Å². The molecule has 1 aromatic carbocycles. The SMILES string of the molecule is CCc1c(C(=O)N2CCC3(CC2)OCCc2cnc(N)nc23)[nH]c2ccccc12. The van der Waals surface area contributed by atoms with Gasteiger partial charge in [-0.2, -0.15) is 0 Å². The highest BCUT2D eigenvalue weighted by Gasteiger charge is 2.43. The first-order chi connectivity index (χ1) is 14.1. The largest absolute Gasteiger partial charge is 0.368 e. The summed E-state index contributed by atoms with van der Waals surface area (Å²) in [5.41, 5.74) is 10.2. The number of carbonyl (C=O) groups excluding carboxylic acids is 1. The zero-order valence-electron chi connectivity index (χ0n) is 16.6. The molecule has 2 aliphatic heterocycles. The van der Waals surface area contributed by atoms with Gasteiger partial charge in [0.15, 0.2) is 0 Å². The average Bonchev–Trinajstić information content (AvgIpc) is 3.13. The smallest absolute Gasteiger partial charge is 0.270 e. The quantitative estimate of drug-likeness (QED) is 0.700. The predicted molar refractivity (Wildman–Crippen MR) is 111 cm³/mol. The number of likely N-dealkylation sites (tertiary alicyclic amines) is 1. The Bertz CT molecular complexity index is 1080. The van der Waals surface area contributed by atoms with E-state index >= 15 is 0 Å². The molecule has 0 radical (unpaired) electrons. The number of nitrogens with zero attached hydrogens (tertiary/aromatic N) is 3. The first kappa shape index (κ1) is 18.1. The number of nitrogen functional groups attached to an aromatic ring is 1. The van der Waals surface area contributed by atoms with Crippen molar-refractivity contribution in [2.75, 3.05) is 25.4 Å². The molecule has 2 aromatic heterocycles. The first-order valence-electron chi connectivity index (χ1n) is 10.3. The molecule has 1 spiro atoms. The van der Waals surface area contributed by atoms with Gasteiger partial charge in [-0.25, -0.2) is 9.97 Å². The molecule has 1 saturated heterocycles. The van der Waals surface area contributed by atoms with Gasteiger partial charge in [-0.3, -0.25) is 4.79 Å². The summed E-state index contributed by atoms with van der Waals surface area (Å²) in [5, 5.41) is 1.13. The Balaban J connectivity index is 1.41. The van der Waals surface area contributed by atoms with Crippen LogP contribution in [0.15, 0.2) is 30.5 Å². The van der Waals surface area contributed by atoms with Crippen molar-refractivity contribution in [3.8, 4) is 0 Å². The minimum absolute atomic E-state index is 0.0612. The van der Waals surface area contributed by atoms with E-state index < -0.39 is 5.60 Å². The van der Waals surface area contributed by atoms with Crippen LogP contribution in [0.3, 0.4) is 0 Å². The number of carbonyl (C=O) groups is 1. The second kappa shape index (κ2) is 6.84. The van der Waals surface area contributed by atoms with Crippen molar-refractivity contribution in [2.45, 2.75) is 38.2 Å². The zero-order chi connectivity index (χ0) is 20.0. The van der Waals surface area contributed by atoms with Gasteiger partial charge in [-0.1, -0.05) is 25.1 Å². The van der Waals surface area contributed by atoms with Gasteiger partial charge in [0.2, 0.25) is 5.95 Å². The molecule has 7 nitrogen and oxygen atoms in total. The molecule has 4 heterocycles. The molecular formula is C22H25N5O2. The van der Waals surface area contributed by atoms with Crippen molar-refractivity contribution in [2.24, 2.45) is 0 Å². The van der Waals surface area contributed by atoms with E-state index in [1.807, 2.05) is 29.3 Å². The molecule has 0 aliphatic carbocycles. The summed E-state index contributed by atoms with van der Waals surface area (Å²) in [6, 6.07) is 8.10. The lowest BCUT2D eigenvalue weighted by molar-refractivity contribution is -0.0967. The number of nitrogens with two attached hydrogens (primary N) is 1. The molecule has 1 fully saturated rings. The maximum absolute atomic E-state index is 13.3. The molecule has 1 amide bonds. The number of H-pyrrole nitrogens is 1. The maximum Gasteiger partial charge on any atom is 0.270 e. The van der Waals surface area contributed by atoms with Crippen molar-refractivity contribution in [3.63, 3.8) is 0 Å². The maximum atomic E-state index is 13.3. The van der Waals surface area contributed by atoms with Gasteiger partial charge in [-0.15, -0.1) is 0 Å². The van der Waals surface area contributed by atoms with E-state index in [0.29, 0.717) is 38.2 Å². The fourth-order valence-electron chi connectivity index (χ4n) is 4.78. The molecule has 3 N–H and O–H groups in total. The Morgan fingerprint density at radius 3 is 2.90 bits per heavy atom. The lowest BCUT2D eigenvalue weighted by Gasteiger charge is -2.44. The second-order valence-corrected chi connectivity index (χ2v) is 7.86. The average molecular weight is 391 g/mol. The van der Waals surface area contributed by atoms with Crippen LogP contribution in [0.25, 0.3) is 10.9 Å². The Labute approximate surface area is 169 Å². The summed E-state index contributed by atoms with van der Waals surface area (Å²) < 4.78 is 6.22. The summed E-state index contributed by atoms with van der Waals surface area (Å²) >= 11 is 0. The van der Waals surface area contributed by atoms with Gasteiger partial charge in [0.1, 0.15) is 11.3 Å². The number of aromatic nitrogens is 3. The van der Waals surface area contributed by atoms with Crippen LogP contribution in [0, 0.1) is 0 Å². The van der Waals surface area contributed by atoms with E-state index in [1.165, 1.54) is 0 Å². The Kier molecular flexibility index (Phi) is 4.28.